The molecular formula is C26H37N3O3. The van der Waals surface area contributed by atoms with E-state index in [0.29, 0.717) is 12.5 Å². The van der Waals surface area contributed by atoms with Gasteiger partial charge in [-0.3, -0.25) is 14.5 Å². The van der Waals surface area contributed by atoms with Gasteiger partial charge in [0.05, 0.1) is 17.7 Å². The number of furan rings is 1. The highest BCUT2D eigenvalue weighted by Gasteiger charge is 2.56. The van der Waals surface area contributed by atoms with Crippen molar-refractivity contribution in [3.8, 4) is 0 Å². The van der Waals surface area contributed by atoms with E-state index in [9.17, 15) is 9.59 Å². The molecule has 3 heterocycles. The van der Waals surface area contributed by atoms with Gasteiger partial charge < -0.3 is 14.6 Å². The molecule has 6 aliphatic rings. The van der Waals surface area contributed by atoms with Crippen LogP contribution >= 0.6 is 0 Å². The Kier molecular flexibility index (Phi) is 5.32. The van der Waals surface area contributed by atoms with Crippen LogP contribution in [0.3, 0.4) is 0 Å². The Morgan fingerprint density at radius 3 is 2.34 bits per heavy atom. The maximum atomic E-state index is 13.9. The Bertz CT molecular complexity index is 809. The minimum Gasteiger partial charge on any atom is -0.468 e. The average molecular weight is 440 g/mol. The van der Waals surface area contributed by atoms with Crippen molar-refractivity contribution in [2.24, 2.45) is 23.2 Å². The molecule has 6 nitrogen and oxygen atoms in total. The summed E-state index contributed by atoms with van der Waals surface area (Å²) < 4.78 is 5.71. The Morgan fingerprint density at radius 1 is 1.03 bits per heavy atom. The Morgan fingerprint density at radius 2 is 1.72 bits per heavy atom. The van der Waals surface area contributed by atoms with E-state index in [1.165, 1.54) is 32.1 Å². The van der Waals surface area contributed by atoms with E-state index in [-0.39, 0.29) is 23.4 Å². The van der Waals surface area contributed by atoms with Crippen molar-refractivity contribution < 1.29 is 14.0 Å². The third-order valence-electron chi connectivity index (χ3n) is 9.23. The van der Waals surface area contributed by atoms with E-state index >= 15 is 0 Å². The number of nitrogens with one attached hydrogen (secondary N) is 1. The molecule has 1 aromatic rings. The highest BCUT2D eigenvalue weighted by atomic mass is 16.3. The van der Waals surface area contributed by atoms with Crippen molar-refractivity contribution in [3.05, 3.63) is 24.2 Å². The molecule has 2 atom stereocenters. The molecule has 6 fully saturated rings. The van der Waals surface area contributed by atoms with E-state index in [4.69, 9.17) is 4.42 Å². The molecule has 0 spiro atoms. The van der Waals surface area contributed by atoms with Crippen molar-refractivity contribution in [2.75, 3.05) is 26.2 Å². The maximum Gasteiger partial charge on any atom is 0.242 e. The molecule has 4 aliphatic carbocycles. The van der Waals surface area contributed by atoms with Crippen molar-refractivity contribution in [2.45, 2.75) is 76.3 Å². The lowest BCUT2D eigenvalue weighted by molar-refractivity contribution is -0.160. The van der Waals surface area contributed by atoms with Crippen LogP contribution in [0.5, 0.6) is 0 Å². The first-order chi connectivity index (χ1) is 15.6. The fraction of sp³-hybridized carbons (Fsp3) is 0.769. The number of nitrogens with zero attached hydrogens (tertiary/aromatic N) is 2. The van der Waals surface area contributed by atoms with Gasteiger partial charge in [-0.2, -0.15) is 0 Å². The molecular weight excluding hydrogens is 402 g/mol. The molecule has 7 rings (SSSR count). The molecule has 2 amide bonds. The normalized spacial score (nSPS) is 37.2. The van der Waals surface area contributed by atoms with Crippen molar-refractivity contribution >= 4 is 11.8 Å². The maximum absolute atomic E-state index is 13.9. The van der Waals surface area contributed by atoms with Crippen LogP contribution in [0, 0.1) is 23.2 Å². The quantitative estimate of drug-likeness (QED) is 0.733. The first-order valence-electron chi connectivity index (χ1n) is 13.0. The monoisotopic (exact) mass is 439 g/mol. The van der Waals surface area contributed by atoms with E-state index < -0.39 is 0 Å². The molecule has 0 aromatic carbocycles. The fourth-order valence-corrected chi connectivity index (χ4v) is 8.22. The van der Waals surface area contributed by atoms with E-state index in [1.807, 2.05) is 17.0 Å². The summed E-state index contributed by atoms with van der Waals surface area (Å²) in [6.45, 7) is 3.37. The van der Waals surface area contributed by atoms with E-state index in [1.54, 1.807) is 6.26 Å². The number of rotatable bonds is 6. The van der Waals surface area contributed by atoms with Gasteiger partial charge in [-0.05, 0) is 107 Å². The summed E-state index contributed by atoms with van der Waals surface area (Å²) in [6, 6.07) is 3.70. The summed E-state index contributed by atoms with van der Waals surface area (Å²) in [4.78, 5) is 31.6. The van der Waals surface area contributed by atoms with E-state index in [0.717, 1.165) is 75.3 Å². The fourth-order valence-electron chi connectivity index (χ4n) is 8.22. The van der Waals surface area contributed by atoms with E-state index in [2.05, 4.69) is 10.2 Å². The zero-order chi connectivity index (χ0) is 21.7. The van der Waals surface area contributed by atoms with Gasteiger partial charge >= 0.3 is 0 Å². The van der Waals surface area contributed by atoms with Crippen LogP contribution in [-0.4, -0.2) is 53.8 Å². The Balaban J connectivity index is 1.13. The first kappa shape index (κ1) is 20.8. The zero-order valence-electron chi connectivity index (χ0n) is 19.1. The van der Waals surface area contributed by atoms with Crippen molar-refractivity contribution in [1.29, 1.82) is 0 Å². The number of likely N-dealkylation sites (tertiary alicyclic amines) is 2. The highest BCUT2D eigenvalue weighted by Crippen LogP contribution is 2.60. The SMILES string of the molecule is O=C(NCC(c1ccco1)N1CCCC1)C1CCCN1C(=O)C12CC3CC(CC(C3)C1)C2. The van der Waals surface area contributed by atoms with Crippen LogP contribution < -0.4 is 5.32 Å². The number of hydrogen-bond acceptors (Lipinski definition) is 4. The second kappa shape index (κ2) is 8.19. The average Bonchev–Trinajstić information content (AvgIpc) is 3.55. The largest absolute Gasteiger partial charge is 0.468 e. The lowest BCUT2D eigenvalue weighted by Gasteiger charge is -2.56. The topological polar surface area (TPSA) is 65.8 Å². The van der Waals surface area contributed by atoms with Crippen molar-refractivity contribution in [3.63, 3.8) is 0 Å². The third kappa shape index (κ3) is 3.59. The van der Waals surface area contributed by atoms with Gasteiger partial charge in [0.2, 0.25) is 11.8 Å². The summed E-state index contributed by atoms with van der Waals surface area (Å²) in [6.07, 6.45) is 13.0. The number of amides is 2. The Hall–Kier alpha value is -1.82. The van der Waals surface area contributed by atoms with Crippen LogP contribution in [0.15, 0.2) is 22.8 Å². The molecule has 4 saturated carbocycles. The van der Waals surface area contributed by atoms with Crippen molar-refractivity contribution in [1.82, 2.24) is 15.1 Å². The van der Waals surface area contributed by atoms with Crippen LogP contribution in [0.4, 0.5) is 0 Å². The number of carbonyl (C=O) groups is 2. The number of hydrogen-bond donors (Lipinski definition) is 1. The van der Waals surface area contributed by atoms with Crippen LogP contribution in [-0.2, 0) is 9.59 Å². The molecule has 6 heteroatoms. The van der Waals surface area contributed by atoms with Gasteiger partial charge in [-0.15, -0.1) is 0 Å². The van der Waals surface area contributed by atoms with Crippen LogP contribution in [0.2, 0.25) is 0 Å². The predicted molar refractivity (Wildman–Crippen MR) is 121 cm³/mol. The molecule has 2 aliphatic heterocycles. The molecule has 4 bridgehead atoms. The molecule has 174 valence electrons. The molecule has 2 unspecified atom stereocenters. The summed E-state index contributed by atoms with van der Waals surface area (Å²) in [5.74, 6) is 3.48. The highest BCUT2D eigenvalue weighted by molar-refractivity contribution is 5.91. The molecule has 0 radical (unpaired) electrons. The van der Waals surface area contributed by atoms with Gasteiger partial charge in [0.25, 0.3) is 0 Å². The summed E-state index contributed by atoms with van der Waals surface area (Å²) in [7, 11) is 0. The van der Waals surface area contributed by atoms with Crippen LogP contribution in [0.1, 0.15) is 76.0 Å². The number of carbonyl (C=O) groups excluding carboxylic acids is 2. The molecule has 1 N–H and O–H groups in total. The lowest BCUT2D eigenvalue weighted by Crippen LogP contribution is -2.57. The summed E-state index contributed by atoms with van der Waals surface area (Å²) >= 11 is 0. The lowest BCUT2D eigenvalue weighted by atomic mass is 9.49. The second-order valence-electron chi connectivity index (χ2n) is 11.4. The third-order valence-corrected chi connectivity index (χ3v) is 9.23. The minimum atomic E-state index is -0.300. The Labute approximate surface area is 191 Å². The zero-order valence-corrected chi connectivity index (χ0v) is 19.1. The predicted octanol–water partition coefficient (Wildman–Crippen LogP) is 3.74. The minimum absolute atomic E-state index is 0.0244. The molecule has 1 aromatic heterocycles. The molecule has 32 heavy (non-hydrogen) atoms. The summed E-state index contributed by atoms with van der Waals surface area (Å²) in [5, 5.41) is 3.21. The summed E-state index contributed by atoms with van der Waals surface area (Å²) in [5.41, 5.74) is -0.163. The van der Waals surface area contributed by atoms with Gasteiger partial charge in [-0.1, -0.05) is 0 Å². The van der Waals surface area contributed by atoms with Gasteiger partial charge in [0, 0.05) is 13.1 Å². The van der Waals surface area contributed by atoms with Gasteiger partial charge in [-0.25, -0.2) is 0 Å². The first-order valence-corrected chi connectivity index (χ1v) is 13.0. The van der Waals surface area contributed by atoms with Crippen LogP contribution in [0.25, 0.3) is 0 Å². The smallest absolute Gasteiger partial charge is 0.242 e. The van der Waals surface area contributed by atoms with Gasteiger partial charge in [0.15, 0.2) is 0 Å². The standard InChI is InChI=1S/C26H37N3O3/c30-24(27-17-22(23-6-4-10-32-23)28-7-1-2-8-28)21-5-3-9-29(21)25(31)26-14-18-11-19(15-26)13-20(12-18)16-26/h4,6,10,18-22H,1-3,5,7-9,11-17H2,(H,27,30). The second-order valence-corrected chi connectivity index (χ2v) is 11.4. The molecule has 2 saturated heterocycles. The van der Waals surface area contributed by atoms with Gasteiger partial charge in [0.1, 0.15) is 11.8 Å².